The van der Waals surface area contributed by atoms with Crippen LogP contribution in [0.5, 0.6) is 5.75 Å². The minimum atomic E-state index is -1.43. The molecule has 52 heavy (non-hydrogen) atoms. The fourth-order valence-corrected chi connectivity index (χ4v) is 4.44. The average Bonchev–Trinajstić information content (AvgIpc) is 3.03. The number of halogens is 2. The van der Waals surface area contributed by atoms with Crippen molar-refractivity contribution in [1.82, 2.24) is 10.0 Å². The Labute approximate surface area is 304 Å². The molecule has 6 N–H and O–H groups in total. The molecule has 0 unspecified atom stereocenters. The topological polar surface area (TPSA) is 216 Å². The largest absolute Gasteiger partial charge is 0.480 e. The molecule has 0 heterocycles. The number of carboxylic acids is 1. The first-order valence-corrected chi connectivity index (χ1v) is 16.0. The van der Waals surface area contributed by atoms with Crippen LogP contribution in [0.1, 0.15) is 63.0 Å². The number of guanidine groups is 1. The highest BCUT2D eigenvalue weighted by Crippen LogP contribution is 2.25. The van der Waals surface area contributed by atoms with Crippen molar-refractivity contribution in [3.63, 3.8) is 0 Å². The first-order valence-electron chi connectivity index (χ1n) is 15.6. The fourth-order valence-electron chi connectivity index (χ4n) is 4.21. The molecule has 3 amide bonds. The van der Waals surface area contributed by atoms with Gasteiger partial charge in [-0.05, 0) is 101 Å². The number of carboxylic acid groups (broad SMARTS) is 1. The summed E-state index contributed by atoms with van der Waals surface area (Å²) in [5.41, 5.74) is -0.669. The number of carbonyl (C=O) groups is 5. The zero-order valence-electron chi connectivity index (χ0n) is 29.3. The van der Waals surface area contributed by atoms with Crippen LogP contribution in [-0.4, -0.2) is 68.4 Å². The third-order valence-electron chi connectivity index (χ3n) is 6.61. The molecule has 0 aliphatic carbocycles. The van der Waals surface area contributed by atoms with Gasteiger partial charge in [-0.2, -0.15) is 5.01 Å². The Bertz CT molecular complexity index is 1820. The van der Waals surface area contributed by atoms with Gasteiger partial charge in [0.2, 0.25) is 11.9 Å². The number of aliphatic carboxylic acids is 1. The first-order chi connectivity index (χ1) is 24.1. The number of ether oxygens (including phenoxy) is 3. The van der Waals surface area contributed by atoms with Gasteiger partial charge >= 0.3 is 24.1 Å². The molecular formula is C35H40ClFN6O9. The lowest BCUT2D eigenvalue weighted by Gasteiger charge is -2.25. The number of hydrazine groups is 2. The van der Waals surface area contributed by atoms with Gasteiger partial charge in [-0.1, -0.05) is 29.8 Å². The Hall–Kier alpha value is -5.58. The highest BCUT2D eigenvalue weighted by atomic mass is 35.5. The van der Waals surface area contributed by atoms with Gasteiger partial charge in [0.25, 0.3) is 0 Å². The van der Waals surface area contributed by atoms with Gasteiger partial charge in [-0.15, -0.1) is 4.99 Å². The Morgan fingerprint density at radius 3 is 2.04 bits per heavy atom. The van der Waals surface area contributed by atoms with Crippen molar-refractivity contribution in [2.24, 2.45) is 16.7 Å². The van der Waals surface area contributed by atoms with E-state index in [1.807, 2.05) is 0 Å². The summed E-state index contributed by atoms with van der Waals surface area (Å²) in [4.78, 5) is 66.5. The number of nitrogens with two attached hydrogens (primary N) is 2. The van der Waals surface area contributed by atoms with Crippen molar-refractivity contribution in [1.29, 1.82) is 0 Å². The van der Waals surface area contributed by atoms with E-state index in [0.717, 1.165) is 0 Å². The SMILES string of the molecule is CC(C)(C)OC(=O)/N=C(/Nc1ccc(C(=O)Oc2ccc(CC(=O)N(N)[C@@H](Cc3ccc(F)cc3)C(=O)O)c(Cl)c2)cc1)N(N)C(=O)OC(C)(C)C. The van der Waals surface area contributed by atoms with Crippen LogP contribution in [0.2, 0.25) is 5.02 Å². The molecule has 278 valence electrons. The normalized spacial score (nSPS) is 12.3. The molecule has 0 saturated carbocycles. The number of aliphatic imine (C=N–C) groups is 1. The zero-order chi connectivity index (χ0) is 39.0. The summed E-state index contributed by atoms with van der Waals surface area (Å²) >= 11 is 6.36. The molecule has 3 aromatic rings. The Morgan fingerprint density at radius 1 is 0.904 bits per heavy atom. The molecule has 3 aromatic carbocycles. The molecule has 0 spiro atoms. The lowest BCUT2D eigenvalue weighted by molar-refractivity contribution is -0.150. The van der Waals surface area contributed by atoms with Crippen molar-refractivity contribution in [3.8, 4) is 5.75 Å². The molecule has 0 radical (unpaired) electrons. The molecule has 1 atom stereocenters. The van der Waals surface area contributed by atoms with Crippen molar-refractivity contribution in [2.75, 3.05) is 5.32 Å². The van der Waals surface area contributed by atoms with E-state index in [4.69, 9.17) is 37.5 Å². The Morgan fingerprint density at radius 2 is 1.50 bits per heavy atom. The van der Waals surface area contributed by atoms with Gasteiger partial charge in [0.05, 0.1) is 12.0 Å². The smallest absolute Gasteiger partial charge is 0.437 e. The molecule has 0 aliphatic rings. The maximum atomic E-state index is 13.3. The molecule has 3 rings (SSSR count). The Kier molecular flexibility index (Phi) is 13.4. The Balaban J connectivity index is 1.69. The predicted molar refractivity (Wildman–Crippen MR) is 189 cm³/mol. The maximum Gasteiger partial charge on any atom is 0.437 e. The van der Waals surface area contributed by atoms with Crippen LogP contribution in [0.4, 0.5) is 19.7 Å². The second-order valence-electron chi connectivity index (χ2n) is 13.3. The van der Waals surface area contributed by atoms with E-state index in [-0.39, 0.29) is 40.4 Å². The number of esters is 1. The summed E-state index contributed by atoms with van der Waals surface area (Å²) in [5.74, 6) is 8.06. The summed E-state index contributed by atoms with van der Waals surface area (Å²) in [6, 6.07) is 13.5. The van der Waals surface area contributed by atoms with Crippen LogP contribution in [0.15, 0.2) is 71.7 Å². The van der Waals surface area contributed by atoms with E-state index in [2.05, 4.69) is 10.3 Å². The minimum Gasteiger partial charge on any atom is -0.480 e. The van der Waals surface area contributed by atoms with Crippen LogP contribution in [0.25, 0.3) is 0 Å². The molecule has 0 bridgehead atoms. The van der Waals surface area contributed by atoms with Gasteiger partial charge in [-0.25, -0.2) is 35.3 Å². The van der Waals surface area contributed by atoms with E-state index in [1.165, 1.54) is 66.7 Å². The lowest BCUT2D eigenvalue weighted by Crippen LogP contribution is -2.51. The van der Waals surface area contributed by atoms with Crippen molar-refractivity contribution < 1.29 is 47.7 Å². The second-order valence-corrected chi connectivity index (χ2v) is 13.7. The zero-order valence-corrected chi connectivity index (χ0v) is 30.1. The third-order valence-corrected chi connectivity index (χ3v) is 6.97. The minimum absolute atomic E-state index is 0.0423. The standard InChI is InChI=1S/C35H40ClFN6O9/c1-34(2,3)51-32(48)41-31(43(39)33(49)52-35(4,5)6)40-24-14-9-21(10-15-24)30(47)50-25-16-11-22(26(36)19-25)18-28(44)42(38)27(29(45)46)17-20-7-12-23(37)13-8-20/h7-16,19,27H,17-18,38-39H2,1-6H3,(H,45,46)(H,40,41,48)/t27-/m0/s1. The summed E-state index contributed by atoms with van der Waals surface area (Å²) in [5, 5.41) is 13.5. The van der Waals surface area contributed by atoms with Gasteiger partial charge in [-0.3, -0.25) is 9.80 Å². The summed E-state index contributed by atoms with van der Waals surface area (Å²) in [7, 11) is 0. The first kappa shape index (κ1) is 40.8. The molecule has 0 aliphatic heterocycles. The highest BCUT2D eigenvalue weighted by Gasteiger charge is 2.29. The monoisotopic (exact) mass is 742 g/mol. The van der Waals surface area contributed by atoms with Gasteiger partial charge < -0.3 is 24.6 Å². The van der Waals surface area contributed by atoms with E-state index in [1.54, 1.807) is 41.5 Å². The summed E-state index contributed by atoms with van der Waals surface area (Å²) < 4.78 is 29.1. The second kappa shape index (κ2) is 17.1. The quantitative estimate of drug-likeness (QED) is 0.0409. The number of rotatable bonds is 9. The van der Waals surface area contributed by atoms with Crippen molar-refractivity contribution in [3.05, 3.63) is 94.3 Å². The van der Waals surface area contributed by atoms with Crippen LogP contribution < -0.4 is 21.7 Å². The van der Waals surface area contributed by atoms with Crippen LogP contribution in [0.3, 0.4) is 0 Å². The molecular weight excluding hydrogens is 703 g/mol. The van der Waals surface area contributed by atoms with Gasteiger partial charge in [0, 0.05) is 17.1 Å². The summed E-state index contributed by atoms with van der Waals surface area (Å²) in [6.07, 6.45) is -2.56. The van der Waals surface area contributed by atoms with Crippen LogP contribution in [0, 0.1) is 5.82 Å². The van der Waals surface area contributed by atoms with E-state index in [9.17, 15) is 33.5 Å². The number of nitrogens with one attached hydrogen (secondary N) is 1. The lowest BCUT2D eigenvalue weighted by atomic mass is 10.0. The molecule has 15 nitrogen and oxygen atoms in total. The van der Waals surface area contributed by atoms with E-state index < -0.39 is 59.1 Å². The predicted octanol–water partition coefficient (Wildman–Crippen LogP) is 5.45. The molecule has 0 saturated heterocycles. The number of amides is 3. The van der Waals surface area contributed by atoms with E-state index in [0.29, 0.717) is 15.6 Å². The number of carbonyl (C=O) groups excluding carboxylic acids is 4. The van der Waals surface area contributed by atoms with Crippen LogP contribution >= 0.6 is 11.6 Å². The van der Waals surface area contributed by atoms with Gasteiger partial charge in [0.1, 0.15) is 28.8 Å². The average molecular weight is 743 g/mol. The third kappa shape index (κ3) is 12.6. The van der Waals surface area contributed by atoms with Gasteiger partial charge in [0.15, 0.2) is 0 Å². The number of anilines is 1. The number of nitrogens with zero attached hydrogens (tertiary/aromatic N) is 3. The van der Waals surface area contributed by atoms with Crippen LogP contribution in [-0.2, 0) is 31.9 Å². The highest BCUT2D eigenvalue weighted by molar-refractivity contribution is 6.31. The summed E-state index contributed by atoms with van der Waals surface area (Å²) in [6.45, 7) is 9.80. The van der Waals surface area contributed by atoms with Crippen molar-refractivity contribution in [2.45, 2.75) is 71.6 Å². The molecule has 0 fully saturated rings. The number of hydrogen-bond donors (Lipinski definition) is 4. The van der Waals surface area contributed by atoms with Crippen molar-refractivity contribution >= 4 is 53.3 Å². The molecule has 0 aromatic heterocycles. The number of hydrogen-bond acceptors (Lipinski definition) is 10. The molecule has 17 heteroatoms. The fraction of sp³-hybridized carbons (Fsp3) is 0.314. The maximum absolute atomic E-state index is 13.3. The number of benzene rings is 3. The van der Waals surface area contributed by atoms with E-state index >= 15 is 0 Å².